The highest BCUT2D eigenvalue weighted by Crippen LogP contribution is 2.20. The highest BCUT2D eigenvalue weighted by atomic mass is 16.4. The van der Waals surface area contributed by atoms with E-state index in [1.807, 2.05) is 12.1 Å². The van der Waals surface area contributed by atoms with Gasteiger partial charge in [0.15, 0.2) is 5.76 Å². The maximum absolute atomic E-state index is 5.44. The van der Waals surface area contributed by atoms with Crippen molar-refractivity contribution >= 4 is 10.8 Å². The largest absolute Gasteiger partial charge is 0.459 e. The van der Waals surface area contributed by atoms with Crippen LogP contribution in [0.4, 0.5) is 0 Å². The summed E-state index contributed by atoms with van der Waals surface area (Å²) in [6.45, 7) is 1.43. The van der Waals surface area contributed by atoms with Gasteiger partial charge in [-0.25, -0.2) is 4.98 Å². The van der Waals surface area contributed by atoms with Crippen LogP contribution in [-0.2, 0) is 13.1 Å². The molecule has 0 aliphatic heterocycles. The number of fused-ring (bicyclic) bond motifs is 1. The summed E-state index contributed by atoms with van der Waals surface area (Å²) in [5.41, 5.74) is 2.13. The monoisotopic (exact) mass is 304 g/mol. The highest BCUT2D eigenvalue weighted by molar-refractivity contribution is 5.85. The van der Waals surface area contributed by atoms with Gasteiger partial charge in [0.1, 0.15) is 6.26 Å². The Bertz CT molecular complexity index is 905. The topological polar surface area (TPSA) is 51.2 Å². The van der Waals surface area contributed by atoms with Crippen molar-refractivity contribution in [2.45, 2.75) is 13.1 Å². The summed E-state index contributed by atoms with van der Waals surface area (Å²) in [4.78, 5) is 4.42. The van der Waals surface area contributed by atoms with Crippen LogP contribution >= 0.6 is 0 Å². The number of oxazole rings is 1. The van der Waals surface area contributed by atoms with Crippen molar-refractivity contribution in [2.75, 3.05) is 0 Å². The number of hydrogen-bond donors (Lipinski definition) is 1. The molecule has 2 aromatic carbocycles. The molecule has 23 heavy (non-hydrogen) atoms. The molecule has 0 saturated heterocycles. The van der Waals surface area contributed by atoms with Crippen LogP contribution in [0.3, 0.4) is 0 Å². The van der Waals surface area contributed by atoms with E-state index >= 15 is 0 Å². The number of benzene rings is 2. The van der Waals surface area contributed by atoms with Gasteiger partial charge in [0.05, 0.1) is 12.0 Å². The third kappa shape index (κ3) is 2.89. The zero-order chi connectivity index (χ0) is 15.5. The highest BCUT2D eigenvalue weighted by Gasteiger charge is 2.08. The van der Waals surface area contributed by atoms with E-state index in [9.17, 15) is 0 Å². The Morgan fingerprint density at radius 1 is 0.870 bits per heavy atom. The molecule has 114 valence electrons. The summed E-state index contributed by atoms with van der Waals surface area (Å²) >= 11 is 0. The SMILES string of the molecule is c1coc(-c2nc(CNCc3cccc4ccccc34)co2)c1. The zero-order valence-electron chi connectivity index (χ0n) is 12.5. The number of nitrogens with zero attached hydrogens (tertiary/aromatic N) is 1. The van der Waals surface area contributed by atoms with E-state index in [0.29, 0.717) is 18.2 Å². The lowest BCUT2D eigenvalue weighted by Crippen LogP contribution is -2.13. The average molecular weight is 304 g/mol. The third-order valence-electron chi connectivity index (χ3n) is 3.79. The van der Waals surface area contributed by atoms with Gasteiger partial charge >= 0.3 is 0 Å². The van der Waals surface area contributed by atoms with Gasteiger partial charge in [-0.1, -0.05) is 42.5 Å². The maximum atomic E-state index is 5.44. The smallest absolute Gasteiger partial charge is 0.263 e. The van der Waals surface area contributed by atoms with Gasteiger partial charge < -0.3 is 14.2 Å². The van der Waals surface area contributed by atoms with Crippen LogP contribution in [0.5, 0.6) is 0 Å². The van der Waals surface area contributed by atoms with E-state index in [-0.39, 0.29) is 0 Å². The molecule has 0 fully saturated rings. The molecule has 0 aliphatic rings. The molecule has 0 spiro atoms. The van der Waals surface area contributed by atoms with Gasteiger partial charge in [0.2, 0.25) is 0 Å². The van der Waals surface area contributed by atoms with E-state index in [2.05, 4.69) is 52.8 Å². The van der Waals surface area contributed by atoms with Gasteiger partial charge in [0, 0.05) is 13.1 Å². The lowest BCUT2D eigenvalue weighted by atomic mass is 10.0. The summed E-state index contributed by atoms with van der Waals surface area (Å²) in [6.07, 6.45) is 3.27. The Morgan fingerprint density at radius 3 is 2.70 bits per heavy atom. The van der Waals surface area contributed by atoms with Crippen molar-refractivity contribution < 1.29 is 8.83 Å². The molecule has 0 aliphatic carbocycles. The van der Waals surface area contributed by atoms with E-state index in [1.54, 1.807) is 12.5 Å². The predicted octanol–water partition coefficient (Wildman–Crippen LogP) is 4.38. The van der Waals surface area contributed by atoms with Crippen LogP contribution in [0.1, 0.15) is 11.3 Å². The number of rotatable bonds is 5. The Kier molecular flexibility index (Phi) is 3.66. The van der Waals surface area contributed by atoms with Crippen LogP contribution in [0.25, 0.3) is 22.4 Å². The van der Waals surface area contributed by atoms with E-state index in [0.717, 1.165) is 12.2 Å². The summed E-state index contributed by atoms with van der Waals surface area (Å²) in [7, 11) is 0. The maximum Gasteiger partial charge on any atom is 0.263 e. The summed E-state index contributed by atoms with van der Waals surface area (Å²) in [5.74, 6) is 1.15. The van der Waals surface area contributed by atoms with Crippen molar-refractivity contribution in [3.63, 3.8) is 0 Å². The molecule has 0 saturated carbocycles. The van der Waals surface area contributed by atoms with Gasteiger partial charge in [-0.2, -0.15) is 0 Å². The van der Waals surface area contributed by atoms with Crippen molar-refractivity contribution in [1.82, 2.24) is 10.3 Å². The molecular weight excluding hydrogens is 288 g/mol. The molecular formula is C19H16N2O2. The average Bonchev–Trinajstić information content (AvgIpc) is 3.26. The van der Waals surface area contributed by atoms with Crippen LogP contribution in [0.2, 0.25) is 0 Å². The molecule has 2 aromatic heterocycles. The fourth-order valence-corrected chi connectivity index (χ4v) is 2.67. The minimum absolute atomic E-state index is 0.511. The minimum atomic E-state index is 0.511. The number of furan rings is 1. The molecule has 0 atom stereocenters. The summed E-state index contributed by atoms with van der Waals surface area (Å²) < 4.78 is 10.7. The van der Waals surface area contributed by atoms with Crippen LogP contribution in [0, 0.1) is 0 Å². The molecule has 0 unspecified atom stereocenters. The molecule has 1 N–H and O–H groups in total. The molecule has 0 bridgehead atoms. The molecule has 4 aromatic rings. The minimum Gasteiger partial charge on any atom is -0.459 e. The van der Waals surface area contributed by atoms with Gasteiger partial charge in [-0.3, -0.25) is 0 Å². The Hall–Kier alpha value is -2.85. The lowest BCUT2D eigenvalue weighted by Gasteiger charge is -2.07. The summed E-state index contributed by atoms with van der Waals surface area (Å²) in [5, 5.41) is 5.95. The Morgan fingerprint density at radius 2 is 1.78 bits per heavy atom. The molecule has 0 radical (unpaired) electrons. The second-order valence-corrected chi connectivity index (χ2v) is 5.36. The number of hydrogen-bond acceptors (Lipinski definition) is 4. The first-order chi connectivity index (χ1) is 11.4. The summed E-state index contributed by atoms with van der Waals surface area (Å²) in [6, 6.07) is 18.4. The van der Waals surface area contributed by atoms with Crippen LogP contribution < -0.4 is 5.32 Å². The second kappa shape index (κ2) is 6.10. The fourth-order valence-electron chi connectivity index (χ4n) is 2.67. The first-order valence-electron chi connectivity index (χ1n) is 7.56. The van der Waals surface area contributed by atoms with E-state index in [4.69, 9.17) is 8.83 Å². The molecule has 4 heteroatoms. The van der Waals surface area contributed by atoms with Crippen molar-refractivity contribution in [3.8, 4) is 11.7 Å². The normalized spacial score (nSPS) is 11.1. The van der Waals surface area contributed by atoms with E-state index in [1.165, 1.54) is 16.3 Å². The third-order valence-corrected chi connectivity index (χ3v) is 3.79. The van der Waals surface area contributed by atoms with Gasteiger partial charge in [-0.15, -0.1) is 0 Å². The predicted molar refractivity (Wildman–Crippen MR) is 88.7 cm³/mol. The van der Waals surface area contributed by atoms with E-state index < -0.39 is 0 Å². The molecule has 4 rings (SSSR count). The number of nitrogens with one attached hydrogen (secondary N) is 1. The zero-order valence-corrected chi connectivity index (χ0v) is 12.5. The molecule has 4 nitrogen and oxygen atoms in total. The number of aromatic nitrogens is 1. The first kappa shape index (κ1) is 13.8. The standard InChI is InChI=1S/C19H16N2O2/c1-2-8-17-14(5-1)6-3-7-15(17)11-20-12-16-13-23-19(21-16)18-9-4-10-22-18/h1-10,13,20H,11-12H2. The van der Waals surface area contributed by atoms with Gasteiger partial charge in [-0.05, 0) is 28.5 Å². The van der Waals surface area contributed by atoms with Crippen molar-refractivity contribution in [1.29, 1.82) is 0 Å². The Labute approximate surface area is 133 Å². The Balaban J connectivity index is 1.44. The lowest BCUT2D eigenvalue weighted by molar-refractivity contribution is 0.516. The van der Waals surface area contributed by atoms with Gasteiger partial charge in [0.25, 0.3) is 5.89 Å². The molecule has 2 heterocycles. The van der Waals surface area contributed by atoms with Crippen LogP contribution in [-0.4, -0.2) is 4.98 Å². The van der Waals surface area contributed by atoms with Crippen molar-refractivity contribution in [2.24, 2.45) is 0 Å². The van der Waals surface area contributed by atoms with Crippen LogP contribution in [0.15, 0.2) is 76.0 Å². The second-order valence-electron chi connectivity index (χ2n) is 5.36. The fraction of sp³-hybridized carbons (Fsp3) is 0.105. The quantitative estimate of drug-likeness (QED) is 0.594. The first-order valence-corrected chi connectivity index (χ1v) is 7.56. The van der Waals surface area contributed by atoms with Crippen molar-refractivity contribution in [3.05, 3.63) is 78.4 Å². The molecule has 0 amide bonds.